The molecule has 0 atom stereocenters. The molecule has 1 heterocycles. The van der Waals surface area contributed by atoms with Crippen molar-refractivity contribution in [2.45, 2.75) is 0 Å². The molecule has 0 aliphatic heterocycles. The largest absolute Gasteiger partial charge is 0.192 e. The highest BCUT2D eigenvalue weighted by Crippen LogP contribution is 2.38. The number of hydrogen-bond donors (Lipinski definition) is 0. The fraction of sp³-hybridized carbons (Fsp3) is 0. The molecule has 90 valence electrons. The van der Waals surface area contributed by atoms with Crippen molar-refractivity contribution in [1.29, 1.82) is 5.26 Å². The summed E-state index contributed by atoms with van der Waals surface area (Å²) >= 11 is 19.9. The predicted molar refractivity (Wildman–Crippen MR) is 79.1 cm³/mol. The summed E-state index contributed by atoms with van der Waals surface area (Å²) in [7, 11) is 0. The molecule has 0 aliphatic carbocycles. The van der Waals surface area contributed by atoms with Gasteiger partial charge in [-0.25, -0.2) is 0 Å². The Balaban J connectivity index is 2.66. The molecule has 0 bridgehead atoms. The maximum Gasteiger partial charge on any atom is 0.102 e. The second-order valence-electron chi connectivity index (χ2n) is 3.37. The first-order valence-corrected chi connectivity index (χ1v) is 6.94. The molecule has 1 nitrogen and oxygen atoms in total. The lowest BCUT2D eigenvalue weighted by molar-refractivity contribution is 1.54. The van der Waals surface area contributed by atoms with Crippen molar-refractivity contribution in [2.24, 2.45) is 0 Å². The van der Waals surface area contributed by atoms with Gasteiger partial charge in [0, 0.05) is 10.4 Å². The van der Waals surface area contributed by atoms with E-state index in [1.807, 2.05) is 17.5 Å². The first-order valence-electron chi connectivity index (χ1n) is 4.93. The van der Waals surface area contributed by atoms with Gasteiger partial charge < -0.3 is 0 Å². The topological polar surface area (TPSA) is 23.8 Å². The van der Waals surface area contributed by atoms with Crippen molar-refractivity contribution in [3.05, 3.63) is 56.2 Å². The average molecular weight is 315 g/mol. The van der Waals surface area contributed by atoms with E-state index in [-0.39, 0.29) is 5.03 Å². The van der Waals surface area contributed by atoms with E-state index in [9.17, 15) is 5.26 Å². The van der Waals surface area contributed by atoms with Crippen molar-refractivity contribution in [1.82, 2.24) is 0 Å². The lowest BCUT2D eigenvalue weighted by atomic mass is 10.1. The molecule has 1 aromatic heterocycles. The van der Waals surface area contributed by atoms with Crippen LogP contribution in [0, 0.1) is 11.3 Å². The van der Waals surface area contributed by atoms with Gasteiger partial charge >= 0.3 is 0 Å². The lowest BCUT2D eigenvalue weighted by Crippen LogP contribution is -1.86. The first-order chi connectivity index (χ1) is 8.65. The molecule has 0 N–H and O–H groups in total. The summed E-state index contributed by atoms with van der Waals surface area (Å²) in [5.41, 5.74) is 0.870. The summed E-state index contributed by atoms with van der Waals surface area (Å²) in [5, 5.41) is 12.2. The third-order valence-electron chi connectivity index (χ3n) is 2.28. The van der Waals surface area contributed by atoms with Crippen molar-refractivity contribution >= 4 is 56.7 Å². The minimum atomic E-state index is 0.274. The summed E-state index contributed by atoms with van der Waals surface area (Å²) in [6.45, 7) is 0. The Labute approximate surface area is 124 Å². The van der Waals surface area contributed by atoms with Crippen LogP contribution in [0.4, 0.5) is 0 Å². The first kappa shape index (κ1) is 13.5. The highest BCUT2D eigenvalue weighted by molar-refractivity contribution is 7.11. The lowest BCUT2D eigenvalue weighted by Gasteiger charge is -2.07. The van der Waals surface area contributed by atoms with E-state index >= 15 is 0 Å². The quantitative estimate of drug-likeness (QED) is 0.654. The van der Waals surface area contributed by atoms with Crippen molar-refractivity contribution in [3.63, 3.8) is 0 Å². The zero-order chi connectivity index (χ0) is 13.1. The summed E-state index contributed by atoms with van der Waals surface area (Å²) in [5.74, 6) is 0. The summed E-state index contributed by atoms with van der Waals surface area (Å²) < 4.78 is 0. The summed E-state index contributed by atoms with van der Waals surface area (Å²) in [4.78, 5) is 0.790. The van der Waals surface area contributed by atoms with E-state index in [0.717, 1.165) is 4.88 Å². The van der Waals surface area contributed by atoms with Crippen LogP contribution in [0.2, 0.25) is 10.0 Å². The average Bonchev–Trinajstić information content (AvgIpc) is 2.83. The molecule has 1 aromatic carbocycles. The van der Waals surface area contributed by atoms with Gasteiger partial charge in [-0.3, -0.25) is 0 Å². The molecule has 0 unspecified atom stereocenters. The predicted octanol–water partition coefficient (Wildman–Crippen LogP) is 5.69. The minimum absolute atomic E-state index is 0.274. The van der Waals surface area contributed by atoms with Gasteiger partial charge in [-0.05, 0) is 23.6 Å². The Hall–Kier alpha value is -0.980. The van der Waals surface area contributed by atoms with E-state index in [1.54, 1.807) is 18.2 Å². The Morgan fingerprint density at radius 3 is 2.28 bits per heavy atom. The van der Waals surface area contributed by atoms with Gasteiger partial charge in [-0.2, -0.15) is 5.26 Å². The van der Waals surface area contributed by atoms with Crippen LogP contribution in [0.15, 0.2) is 35.7 Å². The van der Waals surface area contributed by atoms with Crippen LogP contribution in [0.5, 0.6) is 0 Å². The number of nitriles is 1. The van der Waals surface area contributed by atoms with Crippen LogP contribution in [0.1, 0.15) is 10.4 Å². The molecule has 0 fully saturated rings. The molecule has 0 aliphatic rings. The number of halogens is 3. The molecule has 0 radical (unpaired) electrons. The van der Waals surface area contributed by atoms with Gasteiger partial charge in [0.1, 0.15) is 6.07 Å². The molecule has 2 aromatic rings. The van der Waals surface area contributed by atoms with Gasteiger partial charge in [-0.1, -0.05) is 46.9 Å². The van der Waals surface area contributed by atoms with Crippen molar-refractivity contribution in [3.8, 4) is 6.07 Å². The Kier molecular flexibility index (Phi) is 4.31. The number of rotatable bonds is 2. The Morgan fingerprint density at radius 2 is 1.78 bits per heavy atom. The third-order valence-corrected chi connectivity index (χ3v) is 4.18. The van der Waals surface area contributed by atoms with E-state index in [0.29, 0.717) is 21.2 Å². The molecule has 0 saturated heterocycles. The maximum atomic E-state index is 9.24. The van der Waals surface area contributed by atoms with Gasteiger partial charge in [0.25, 0.3) is 0 Å². The minimum Gasteiger partial charge on any atom is -0.192 e. The third kappa shape index (κ3) is 2.55. The number of nitrogens with zero attached hydrogens (tertiary/aromatic N) is 1. The highest BCUT2D eigenvalue weighted by atomic mass is 35.5. The summed E-state index contributed by atoms with van der Waals surface area (Å²) in [6, 6.07) is 10.9. The van der Waals surface area contributed by atoms with Gasteiger partial charge in [0.2, 0.25) is 0 Å². The normalized spacial score (nSPS) is 11.9. The van der Waals surface area contributed by atoms with E-state index in [1.165, 1.54) is 11.3 Å². The van der Waals surface area contributed by atoms with Crippen LogP contribution < -0.4 is 0 Å². The van der Waals surface area contributed by atoms with Crippen LogP contribution in [-0.2, 0) is 0 Å². The SMILES string of the molecule is N#C/C(=C(/Cl)c1c(Cl)cccc1Cl)c1cccs1. The van der Waals surface area contributed by atoms with Crippen LogP contribution >= 0.6 is 46.1 Å². The monoisotopic (exact) mass is 313 g/mol. The zero-order valence-electron chi connectivity index (χ0n) is 8.95. The number of allylic oxidation sites excluding steroid dienone is 1. The zero-order valence-corrected chi connectivity index (χ0v) is 12.0. The molecule has 0 spiro atoms. The Bertz CT molecular complexity index is 619. The second kappa shape index (κ2) is 5.77. The smallest absolute Gasteiger partial charge is 0.102 e. The summed E-state index contributed by atoms with van der Waals surface area (Å²) in [6.07, 6.45) is 0. The fourth-order valence-corrected chi connectivity index (χ4v) is 3.28. The van der Waals surface area contributed by atoms with Crippen LogP contribution in [-0.4, -0.2) is 0 Å². The number of hydrogen-bond acceptors (Lipinski definition) is 2. The molecular weight excluding hydrogens is 309 g/mol. The molecule has 5 heteroatoms. The van der Waals surface area contributed by atoms with Gasteiger partial charge in [-0.15, -0.1) is 11.3 Å². The Morgan fingerprint density at radius 1 is 1.11 bits per heavy atom. The standard InChI is InChI=1S/C13H6Cl3NS/c14-9-3-1-4-10(15)12(9)13(16)8(7-17)11-5-2-6-18-11/h1-6H/b13-8-. The molecule has 0 amide bonds. The maximum absolute atomic E-state index is 9.24. The van der Waals surface area contributed by atoms with E-state index < -0.39 is 0 Å². The molecule has 2 rings (SSSR count). The molecule has 0 saturated carbocycles. The number of benzene rings is 1. The van der Waals surface area contributed by atoms with Crippen LogP contribution in [0.25, 0.3) is 10.6 Å². The van der Waals surface area contributed by atoms with Gasteiger partial charge in [0.15, 0.2) is 0 Å². The van der Waals surface area contributed by atoms with Crippen LogP contribution in [0.3, 0.4) is 0 Å². The molecular formula is C13H6Cl3NS. The van der Waals surface area contributed by atoms with Gasteiger partial charge in [0.05, 0.1) is 20.7 Å². The van der Waals surface area contributed by atoms with Crippen molar-refractivity contribution in [2.75, 3.05) is 0 Å². The fourth-order valence-electron chi connectivity index (χ4n) is 1.47. The highest BCUT2D eigenvalue weighted by Gasteiger charge is 2.15. The second-order valence-corrected chi connectivity index (χ2v) is 5.51. The molecule has 18 heavy (non-hydrogen) atoms. The van der Waals surface area contributed by atoms with Crippen molar-refractivity contribution < 1.29 is 0 Å². The van der Waals surface area contributed by atoms with E-state index in [4.69, 9.17) is 34.8 Å². The van der Waals surface area contributed by atoms with E-state index in [2.05, 4.69) is 6.07 Å². The number of thiophene rings is 1.